The highest BCUT2D eigenvalue weighted by Gasteiger charge is 2.45. The molecule has 0 atom stereocenters. The third kappa shape index (κ3) is 4.22. The topological polar surface area (TPSA) is 30.7 Å². The van der Waals surface area contributed by atoms with Gasteiger partial charge in [0.25, 0.3) is 0 Å². The summed E-state index contributed by atoms with van der Waals surface area (Å²) in [6.45, 7) is 13.6. The van der Waals surface area contributed by atoms with Gasteiger partial charge in [0.1, 0.15) is 0 Å². The molecule has 0 aliphatic heterocycles. The molecule has 0 aliphatic carbocycles. The van der Waals surface area contributed by atoms with E-state index in [2.05, 4.69) is 18.7 Å². The third-order valence-corrected chi connectivity index (χ3v) is 2.76. The van der Waals surface area contributed by atoms with Gasteiger partial charge in [-0.15, -0.1) is 0 Å². The molecule has 0 aliphatic rings. The van der Waals surface area contributed by atoms with E-state index >= 15 is 0 Å². The lowest BCUT2D eigenvalue weighted by Gasteiger charge is -2.19. The lowest BCUT2D eigenvalue weighted by molar-refractivity contribution is -0.148. The summed E-state index contributed by atoms with van der Waals surface area (Å²) < 4.78 is 5.04. The van der Waals surface area contributed by atoms with E-state index in [0.29, 0.717) is 19.4 Å². The Morgan fingerprint density at radius 2 is 1.69 bits per heavy atom. The Morgan fingerprint density at radius 1 is 1.19 bits per heavy atom. The van der Waals surface area contributed by atoms with Crippen LogP contribution in [0.15, 0.2) is 0 Å². The monoisotopic (exact) mass is 225 g/mol. The fourth-order valence-corrected chi connectivity index (χ4v) is 1.69. The lowest BCUT2D eigenvalue weighted by atomic mass is 9.88. The highest BCUT2D eigenvalue weighted by atomic mass is 16.5. The van der Waals surface area contributed by atoms with Crippen molar-refractivity contribution in [3.8, 4) is 0 Å². The first-order chi connectivity index (χ1) is 7.66. The summed E-state index contributed by atoms with van der Waals surface area (Å²) in [4.78, 5) is 15.5. The van der Waals surface area contributed by atoms with E-state index in [9.17, 15) is 4.79 Å². The Hall–Kier alpha value is -1.04. The molecule has 0 heterocycles. The van der Waals surface area contributed by atoms with Crippen molar-refractivity contribution in [3.63, 3.8) is 0 Å². The number of carbonyl (C=O) groups is 1. The van der Waals surface area contributed by atoms with Gasteiger partial charge in [-0.3, -0.25) is 4.85 Å². The van der Waals surface area contributed by atoms with Crippen LogP contribution in [0.5, 0.6) is 0 Å². The number of rotatable bonds is 8. The van der Waals surface area contributed by atoms with Crippen LogP contribution in [-0.4, -0.2) is 18.1 Å². The maximum absolute atomic E-state index is 11.9. The summed E-state index contributed by atoms with van der Waals surface area (Å²) in [5.41, 5.74) is -0.915. The van der Waals surface area contributed by atoms with Crippen LogP contribution in [0.3, 0.4) is 0 Å². The fourth-order valence-electron chi connectivity index (χ4n) is 1.69. The van der Waals surface area contributed by atoms with Gasteiger partial charge in [0.05, 0.1) is 6.61 Å². The second-order valence-electron chi connectivity index (χ2n) is 4.07. The summed E-state index contributed by atoms with van der Waals surface area (Å²) in [6.07, 6.45) is 5.08. The van der Waals surface area contributed by atoms with Crippen LogP contribution in [0.25, 0.3) is 4.85 Å². The van der Waals surface area contributed by atoms with E-state index in [1.807, 2.05) is 0 Å². The van der Waals surface area contributed by atoms with Crippen molar-refractivity contribution in [2.45, 2.75) is 64.8 Å². The minimum atomic E-state index is -0.915. The Balaban J connectivity index is 4.66. The molecule has 0 bridgehead atoms. The molecule has 0 spiro atoms. The highest BCUT2D eigenvalue weighted by molar-refractivity contribution is 5.83. The number of hydrogen-bond donors (Lipinski definition) is 0. The first-order valence-corrected chi connectivity index (χ1v) is 6.22. The second-order valence-corrected chi connectivity index (χ2v) is 4.07. The van der Waals surface area contributed by atoms with E-state index in [-0.39, 0.29) is 5.97 Å². The molecule has 3 nitrogen and oxygen atoms in total. The molecule has 0 aromatic heterocycles. The summed E-state index contributed by atoms with van der Waals surface area (Å²) in [6, 6.07) is 0. The van der Waals surface area contributed by atoms with Crippen molar-refractivity contribution in [2.75, 3.05) is 6.61 Å². The molecule has 0 aromatic carbocycles. The Bertz CT molecular complexity index is 235. The molecular weight excluding hydrogens is 202 g/mol. The first-order valence-electron chi connectivity index (χ1n) is 6.22. The van der Waals surface area contributed by atoms with Crippen LogP contribution in [-0.2, 0) is 9.53 Å². The number of hydrogen-bond acceptors (Lipinski definition) is 2. The molecule has 0 saturated carbocycles. The van der Waals surface area contributed by atoms with Crippen molar-refractivity contribution in [2.24, 2.45) is 0 Å². The molecule has 0 saturated heterocycles. The second kappa shape index (κ2) is 8.15. The van der Waals surface area contributed by atoms with Gasteiger partial charge in [-0.2, -0.15) is 0 Å². The number of carbonyl (C=O) groups excluding carboxylic acids is 1. The van der Waals surface area contributed by atoms with Gasteiger partial charge in [-0.05, 0) is 19.8 Å². The van der Waals surface area contributed by atoms with Crippen molar-refractivity contribution in [3.05, 3.63) is 11.4 Å². The molecule has 0 N–H and O–H groups in total. The summed E-state index contributed by atoms with van der Waals surface area (Å²) in [7, 11) is 0. The lowest BCUT2D eigenvalue weighted by Crippen LogP contribution is -2.37. The van der Waals surface area contributed by atoms with E-state index in [1.54, 1.807) is 6.92 Å². The quantitative estimate of drug-likeness (QED) is 0.467. The maximum Gasteiger partial charge on any atom is 0.393 e. The van der Waals surface area contributed by atoms with Gasteiger partial charge in [0, 0.05) is 12.8 Å². The highest BCUT2D eigenvalue weighted by Crippen LogP contribution is 2.27. The average Bonchev–Trinajstić information content (AvgIpc) is 2.30. The van der Waals surface area contributed by atoms with Crippen LogP contribution < -0.4 is 0 Å². The van der Waals surface area contributed by atoms with Crippen LogP contribution in [0, 0.1) is 6.57 Å². The Morgan fingerprint density at radius 3 is 2.00 bits per heavy atom. The zero-order valence-electron chi connectivity index (χ0n) is 10.7. The molecule has 0 rings (SSSR count). The van der Waals surface area contributed by atoms with Crippen molar-refractivity contribution >= 4 is 5.97 Å². The molecule has 16 heavy (non-hydrogen) atoms. The molecule has 0 radical (unpaired) electrons. The van der Waals surface area contributed by atoms with Crippen molar-refractivity contribution in [1.29, 1.82) is 0 Å². The van der Waals surface area contributed by atoms with E-state index in [4.69, 9.17) is 11.3 Å². The van der Waals surface area contributed by atoms with Crippen molar-refractivity contribution < 1.29 is 9.53 Å². The van der Waals surface area contributed by atoms with E-state index in [1.165, 1.54) is 0 Å². The van der Waals surface area contributed by atoms with Gasteiger partial charge in [0.15, 0.2) is 0 Å². The molecular formula is C13H23NO2. The zero-order chi connectivity index (χ0) is 12.4. The number of unbranched alkanes of at least 4 members (excludes halogenated alkanes) is 2. The normalized spacial score (nSPS) is 10.9. The standard InChI is InChI=1S/C13H23NO2/c1-5-8-10-13(14-4,11-9-6-2)12(15)16-7-3/h5-11H2,1-3H3. The van der Waals surface area contributed by atoms with Crippen LogP contribution >= 0.6 is 0 Å². The van der Waals surface area contributed by atoms with Gasteiger partial charge in [0.2, 0.25) is 0 Å². The largest absolute Gasteiger partial charge is 0.460 e. The Labute approximate surface area is 99.0 Å². The zero-order valence-corrected chi connectivity index (χ0v) is 10.7. The average molecular weight is 225 g/mol. The minimum Gasteiger partial charge on any atom is -0.460 e. The molecule has 0 aromatic rings. The fraction of sp³-hybridized carbons (Fsp3) is 0.846. The van der Waals surface area contributed by atoms with Crippen molar-refractivity contribution in [1.82, 2.24) is 0 Å². The molecule has 3 heteroatoms. The number of esters is 1. The third-order valence-electron chi connectivity index (χ3n) is 2.76. The van der Waals surface area contributed by atoms with Gasteiger partial charge >= 0.3 is 11.5 Å². The number of nitrogens with zero attached hydrogens (tertiary/aromatic N) is 1. The molecule has 0 amide bonds. The SMILES string of the molecule is [C-]#[N+]C(CCCC)(CCCC)C(=O)OCC. The minimum absolute atomic E-state index is 0.327. The van der Waals surface area contributed by atoms with E-state index in [0.717, 1.165) is 25.7 Å². The molecule has 92 valence electrons. The van der Waals surface area contributed by atoms with Gasteiger partial charge < -0.3 is 4.74 Å². The van der Waals surface area contributed by atoms with Gasteiger partial charge in [-0.25, -0.2) is 11.4 Å². The predicted molar refractivity (Wildman–Crippen MR) is 65.0 cm³/mol. The summed E-state index contributed by atoms with van der Waals surface area (Å²) in [5, 5.41) is 0. The maximum atomic E-state index is 11.9. The summed E-state index contributed by atoms with van der Waals surface area (Å²) >= 11 is 0. The first kappa shape index (κ1) is 15.0. The Kier molecular flexibility index (Phi) is 7.62. The summed E-state index contributed by atoms with van der Waals surface area (Å²) in [5.74, 6) is -0.327. The smallest absolute Gasteiger partial charge is 0.393 e. The van der Waals surface area contributed by atoms with E-state index < -0.39 is 5.54 Å². The number of ether oxygens (including phenoxy) is 1. The predicted octanol–water partition coefficient (Wildman–Crippen LogP) is 3.59. The molecule has 0 unspecified atom stereocenters. The van der Waals surface area contributed by atoms with Gasteiger partial charge in [-0.1, -0.05) is 26.7 Å². The molecule has 0 fully saturated rings. The van der Waals surface area contributed by atoms with Crippen LogP contribution in [0.2, 0.25) is 0 Å². The van der Waals surface area contributed by atoms with Crippen LogP contribution in [0.4, 0.5) is 0 Å². The van der Waals surface area contributed by atoms with Crippen LogP contribution in [0.1, 0.15) is 59.3 Å².